The molecule has 0 spiro atoms. The fourth-order valence-corrected chi connectivity index (χ4v) is 2.89. The topological polar surface area (TPSA) is 38.3 Å². The lowest BCUT2D eigenvalue weighted by molar-refractivity contribution is 0.102. The van der Waals surface area contributed by atoms with Gasteiger partial charge in [0.05, 0.1) is 7.11 Å². The van der Waals surface area contributed by atoms with Crippen molar-refractivity contribution < 1.29 is 13.9 Å². The Bertz CT molecular complexity index is 904. The van der Waals surface area contributed by atoms with Crippen LogP contribution in [-0.2, 0) is 6.42 Å². The van der Waals surface area contributed by atoms with E-state index in [-0.39, 0.29) is 12.3 Å². The molecule has 1 atom stereocenters. The summed E-state index contributed by atoms with van der Waals surface area (Å²) in [5.41, 5.74) is 3.40. The van der Waals surface area contributed by atoms with E-state index in [1.165, 1.54) is 0 Å². The summed E-state index contributed by atoms with van der Waals surface area (Å²) in [5, 5.41) is 2.81. The molecule has 0 aliphatic carbocycles. The molecule has 4 heteroatoms. The van der Waals surface area contributed by atoms with Gasteiger partial charge in [-0.25, -0.2) is 4.39 Å². The Kier molecular flexibility index (Phi) is 5.87. The predicted octanol–water partition coefficient (Wildman–Crippen LogP) is 5.51. The van der Waals surface area contributed by atoms with Crippen molar-refractivity contribution in [2.45, 2.75) is 19.5 Å². The fourth-order valence-electron chi connectivity index (χ4n) is 2.89. The first kappa shape index (κ1) is 18.6. The average Bonchev–Trinajstić information content (AvgIpc) is 2.70. The molecule has 0 aliphatic rings. The van der Waals surface area contributed by atoms with Crippen LogP contribution in [0.1, 0.15) is 33.2 Å². The smallest absolute Gasteiger partial charge is 0.256 e. The Balaban J connectivity index is 1.77. The first-order chi connectivity index (χ1) is 13.1. The molecular weight excluding hydrogens is 341 g/mol. The molecule has 1 amide bonds. The van der Waals surface area contributed by atoms with Crippen LogP contribution in [0.15, 0.2) is 72.8 Å². The van der Waals surface area contributed by atoms with Gasteiger partial charge in [-0.15, -0.1) is 0 Å². The number of amides is 1. The number of carbonyl (C=O) groups is 1. The number of methoxy groups -OCH3 is 1. The van der Waals surface area contributed by atoms with Gasteiger partial charge in [-0.2, -0.15) is 0 Å². The third kappa shape index (κ3) is 4.73. The third-order valence-corrected chi connectivity index (χ3v) is 4.43. The lowest BCUT2D eigenvalue weighted by atomic mass is 9.97. The maximum Gasteiger partial charge on any atom is 0.256 e. The van der Waals surface area contributed by atoms with E-state index in [1.807, 2.05) is 31.2 Å². The van der Waals surface area contributed by atoms with E-state index < -0.39 is 6.17 Å². The standard InChI is InChI=1S/C23H22FNO2/c1-16-7-9-17(10-8-16)15-22(24)20-5-3-4-6-21(20)23(26)25-18-11-13-19(27-2)14-12-18/h3-14,22H,15H2,1-2H3,(H,25,26)/t22-/m1/s1. The maximum absolute atomic E-state index is 15.0. The van der Waals surface area contributed by atoms with Gasteiger partial charge in [0.1, 0.15) is 11.9 Å². The highest BCUT2D eigenvalue weighted by atomic mass is 19.1. The Morgan fingerprint density at radius 2 is 1.67 bits per heavy atom. The lowest BCUT2D eigenvalue weighted by Gasteiger charge is -2.14. The second-order valence-corrected chi connectivity index (χ2v) is 6.43. The van der Waals surface area contributed by atoms with Gasteiger partial charge in [0, 0.05) is 17.7 Å². The van der Waals surface area contributed by atoms with Crippen LogP contribution in [0.3, 0.4) is 0 Å². The normalized spacial score (nSPS) is 11.7. The lowest BCUT2D eigenvalue weighted by Crippen LogP contribution is -2.15. The average molecular weight is 363 g/mol. The number of hydrogen-bond acceptors (Lipinski definition) is 2. The number of halogens is 1. The Morgan fingerprint density at radius 3 is 2.33 bits per heavy atom. The highest BCUT2D eigenvalue weighted by molar-refractivity contribution is 6.05. The maximum atomic E-state index is 15.0. The molecule has 1 N–H and O–H groups in total. The Morgan fingerprint density at radius 1 is 1.00 bits per heavy atom. The van der Waals surface area contributed by atoms with E-state index in [9.17, 15) is 9.18 Å². The van der Waals surface area contributed by atoms with Gasteiger partial charge in [0.15, 0.2) is 0 Å². The SMILES string of the molecule is COc1ccc(NC(=O)c2ccccc2[C@H](F)Cc2ccc(C)cc2)cc1. The second-order valence-electron chi connectivity index (χ2n) is 6.43. The van der Waals surface area contributed by atoms with Crippen LogP contribution in [0, 0.1) is 6.92 Å². The number of hydrogen-bond donors (Lipinski definition) is 1. The summed E-state index contributed by atoms with van der Waals surface area (Å²) < 4.78 is 20.1. The first-order valence-electron chi connectivity index (χ1n) is 8.81. The highest BCUT2D eigenvalue weighted by Crippen LogP contribution is 2.26. The molecule has 3 aromatic carbocycles. The molecule has 0 heterocycles. The molecule has 0 aromatic heterocycles. The molecular formula is C23H22FNO2. The fraction of sp³-hybridized carbons (Fsp3) is 0.174. The summed E-state index contributed by atoms with van der Waals surface area (Å²) in [7, 11) is 1.58. The van der Waals surface area contributed by atoms with Crippen molar-refractivity contribution >= 4 is 11.6 Å². The van der Waals surface area contributed by atoms with Gasteiger partial charge in [-0.05, 0) is 48.4 Å². The molecule has 0 saturated heterocycles. The van der Waals surface area contributed by atoms with E-state index in [1.54, 1.807) is 55.6 Å². The van der Waals surface area contributed by atoms with Crippen molar-refractivity contribution in [2.24, 2.45) is 0 Å². The van der Waals surface area contributed by atoms with Crippen molar-refractivity contribution in [3.05, 3.63) is 95.1 Å². The predicted molar refractivity (Wildman–Crippen MR) is 106 cm³/mol. The van der Waals surface area contributed by atoms with E-state index in [0.717, 1.165) is 11.1 Å². The first-order valence-corrected chi connectivity index (χ1v) is 8.81. The Hall–Kier alpha value is -3.14. The minimum absolute atomic E-state index is 0.229. The number of ether oxygens (including phenoxy) is 1. The molecule has 0 saturated carbocycles. The summed E-state index contributed by atoms with van der Waals surface area (Å²) in [6, 6.07) is 21.6. The van der Waals surface area contributed by atoms with E-state index in [2.05, 4.69) is 5.32 Å². The number of nitrogens with one attached hydrogen (secondary N) is 1. The van der Waals surface area contributed by atoms with E-state index >= 15 is 0 Å². The minimum Gasteiger partial charge on any atom is -0.497 e. The van der Waals surface area contributed by atoms with Crippen LogP contribution < -0.4 is 10.1 Å². The van der Waals surface area contributed by atoms with Crippen molar-refractivity contribution in [1.29, 1.82) is 0 Å². The van der Waals surface area contributed by atoms with E-state index in [4.69, 9.17) is 4.74 Å². The molecule has 0 unspecified atom stereocenters. The Labute approximate surface area is 158 Å². The number of anilines is 1. The van der Waals surface area contributed by atoms with E-state index in [0.29, 0.717) is 22.6 Å². The summed E-state index contributed by atoms with van der Waals surface area (Å²) in [4.78, 5) is 12.7. The highest BCUT2D eigenvalue weighted by Gasteiger charge is 2.19. The van der Waals surface area contributed by atoms with Crippen LogP contribution in [0.2, 0.25) is 0 Å². The molecule has 3 nitrogen and oxygen atoms in total. The van der Waals surface area contributed by atoms with Crippen LogP contribution in [0.4, 0.5) is 10.1 Å². The molecule has 27 heavy (non-hydrogen) atoms. The number of benzene rings is 3. The van der Waals surface area contributed by atoms with Crippen LogP contribution in [0.5, 0.6) is 5.75 Å². The zero-order chi connectivity index (χ0) is 19.2. The molecule has 0 radical (unpaired) electrons. The number of carbonyl (C=O) groups excluding carboxylic acids is 1. The quantitative estimate of drug-likeness (QED) is 0.627. The summed E-state index contributed by atoms with van der Waals surface area (Å²) in [5.74, 6) is 0.373. The van der Waals surface area contributed by atoms with Gasteiger partial charge in [-0.1, -0.05) is 48.0 Å². The van der Waals surface area contributed by atoms with Crippen LogP contribution in [0.25, 0.3) is 0 Å². The monoisotopic (exact) mass is 363 g/mol. The van der Waals surface area contributed by atoms with Crippen molar-refractivity contribution in [3.8, 4) is 5.75 Å². The second kappa shape index (κ2) is 8.49. The van der Waals surface area contributed by atoms with Crippen molar-refractivity contribution in [2.75, 3.05) is 12.4 Å². The van der Waals surface area contributed by atoms with Crippen LogP contribution in [-0.4, -0.2) is 13.0 Å². The molecule has 0 fully saturated rings. The van der Waals surface area contributed by atoms with Crippen molar-refractivity contribution in [3.63, 3.8) is 0 Å². The summed E-state index contributed by atoms with van der Waals surface area (Å²) in [6.45, 7) is 2.00. The van der Waals surface area contributed by atoms with Gasteiger partial charge < -0.3 is 10.1 Å². The number of alkyl halides is 1. The van der Waals surface area contributed by atoms with Gasteiger partial charge in [0.2, 0.25) is 0 Å². The number of rotatable bonds is 6. The largest absolute Gasteiger partial charge is 0.497 e. The summed E-state index contributed by atoms with van der Waals surface area (Å²) >= 11 is 0. The third-order valence-electron chi connectivity index (χ3n) is 4.43. The molecule has 3 rings (SSSR count). The van der Waals surface area contributed by atoms with Gasteiger partial charge in [0.25, 0.3) is 5.91 Å². The zero-order valence-electron chi connectivity index (χ0n) is 15.4. The molecule has 0 bridgehead atoms. The van der Waals surface area contributed by atoms with Crippen molar-refractivity contribution in [1.82, 2.24) is 0 Å². The molecule has 138 valence electrons. The molecule has 0 aliphatic heterocycles. The number of aryl methyl sites for hydroxylation is 1. The van der Waals surface area contributed by atoms with Gasteiger partial charge >= 0.3 is 0 Å². The zero-order valence-corrected chi connectivity index (χ0v) is 15.4. The van der Waals surface area contributed by atoms with Gasteiger partial charge in [-0.3, -0.25) is 4.79 Å². The minimum atomic E-state index is -1.26. The van der Waals surface area contributed by atoms with Crippen LogP contribution >= 0.6 is 0 Å². The molecule has 3 aromatic rings. The summed E-state index contributed by atoms with van der Waals surface area (Å²) in [6.07, 6.45) is -1.03.